The molecule has 0 saturated heterocycles. The maximum atomic E-state index is 6.34. The molecule has 0 spiro atoms. The molecular formula is C24H22ClN3S. The summed E-state index contributed by atoms with van der Waals surface area (Å²) in [5.74, 6) is 1.43. The number of rotatable bonds is 3. The number of hydrogen-bond donors (Lipinski definition) is 0. The number of aromatic nitrogens is 2. The number of halogens is 1. The smallest absolute Gasteiger partial charge is 0.225 e. The second kappa shape index (κ2) is 7.43. The highest BCUT2D eigenvalue weighted by Gasteiger charge is 2.24. The van der Waals surface area contributed by atoms with E-state index in [1.807, 2.05) is 0 Å². The molecule has 0 saturated carbocycles. The summed E-state index contributed by atoms with van der Waals surface area (Å²) in [6.07, 6.45) is 2.20. The summed E-state index contributed by atoms with van der Waals surface area (Å²) in [6, 6.07) is 17.4. The lowest BCUT2D eigenvalue weighted by molar-refractivity contribution is 0.761. The molecule has 5 rings (SSSR count). The van der Waals surface area contributed by atoms with E-state index in [-0.39, 0.29) is 0 Å². The van der Waals surface area contributed by atoms with E-state index in [1.54, 1.807) is 11.3 Å². The van der Waals surface area contributed by atoms with Crippen LogP contribution in [0.5, 0.6) is 0 Å². The molecule has 0 unspecified atom stereocenters. The molecule has 1 aliphatic heterocycles. The molecule has 4 aromatic rings. The van der Waals surface area contributed by atoms with Crippen LogP contribution in [0.4, 0.5) is 11.5 Å². The second-order valence-electron chi connectivity index (χ2n) is 7.81. The van der Waals surface area contributed by atoms with Crippen LogP contribution in [0.1, 0.15) is 37.3 Å². The topological polar surface area (TPSA) is 29.0 Å². The summed E-state index contributed by atoms with van der Waals surface area (Å²) >= 11 is 7.97. The van der Waals surface area contributed by atoms with E-state index in [2.05, 4.69) is 77.6 Å². The lowest BCUT2D eigenvalue weighted by atomic mass is 9.98. The lowest BCUT2D eigenvalue weighted by Gasteiger charge is -2.31. The van der Waals surface area contributed by atoms with Crippen molar-refractivity contribution in [1.82, 2.24) is 9.97 Å². The largest absolute Gasteiger partial charge is 0.325 e. The fourth-order valence-electron chi connectivity index (χ4n) is 4.11. The molecule has 1 aliphatic rings. The summed E-state index contributed by atoms with van der Waals surface area (Å²) in [6.45, 7) is 5.37. The van der Waals surface area contributed by atoms with Gasteiger partial charge >= 0.3 is 0 Å². The Morgan fingerprint density at radius 2 is 1.83 bits per heavy atom. The Balaban J connectivity index is 1.70. The van der Waals surface area contributed by atoms with Crippen LogP contribution in [-0.2, 0) is 6.42 Å². The first-order valence-corrected chi connectivity index (χ1v) is 11.3. The van der Waals surface area contributed by atoms with Gasteiger partial charge in [0.25, 0.3) is 0 Å². The third kappa shape index (κ3) is 3.30. The van der Waals surface area contributed by atoms with Crippen molar-refractivity contribution in [2.45, 2.75) is 32.6 Å². The fourth-order valence-corrected chi connectivity index (χ4v) is 5.26. The number of fused-ring (bicyclic) bond motifs is 2. The highest BCUT2D eigenvalue weighted by Crippen LogP contribution is 2.42. The first-order chi connectivity index (χ1) is 14.1. The fraction of sp³-hybridized carbons (Fsp3) is 0.250. The van der Waals surface area contributed by atoms with Crippen LogP contribution >= 0.6 is 22.9 Å². The molecule has 5 heteroatoms. The van der Waals surface area contributed by atoms with Gasteiger partial charge in [0.05, 0.1) is 5.39 Å². The summed E-state index contributed by atoms with van der Waals surface area (Å²) in [7, 11) is 0. The van der Waals surface area contributed by atoms with Gasteiger partial charge in [-0.2, -0.15) is 4.98 Å². The summed E-state index contributed by atoms with van der Waals surface area (Å²) in [4.78, 5) is 12.5. The van der Waals surface area contributed by atoms with E-state index >= 15 is 0 Å². The quantitative estimate of drug-likeness (QED) is 0.328. The molecule has 3 nitrogen and oxygen atoms in total. The van der Waals surface area contributed by atoms with Gasteiger partial charge < -0.3 is 4.90 Å². The van der Waals surface area contributed by atoms with Gasteiger partial charge in [0.2, 0.25) is 5.28 Å². The molecule has 0 amide bonds. The maximum absolute atomic E-state index is 6.34. The van der Waals surface area contributed by atoms with Crippen molar-refractivity contribution in [2.24, 2.45) is 0 Å². The van der Waals surface area contributed by atoms with Crippen molar-refractivity contribution in [3.8, 4) is 11.1 Å². The van der Waals surface area contributed by atoms with Crippen molar-refractivity contribution in [1.29, 1.82) is 0 Å². The molecule has 0 N–H and O–H groups in total. The normalized spacial score (nSPS) is 13.9. The predicted molar refractivity (Wildman–Crippen MR) is 124 cm³/mol. The van der Waals surface area contributed by atoms with Crippen molar-refractivity contribution >= 4 is 44.7 Å². The Hall–Kier alpha value is -2.43. The summed E-state index contributed by atoms with van der Waals surface area (Å²) < 4.78 is 0. The SMILES string of the molecule is CC(C)c1ccc(-c2csc3nc(Cl)nc(N4CCCc5ccccc54)c23)cc1. The van der Waals surface area contributed by atoms with E-state index in [4.69, 9.17) is 16.6 Å². The molecule has 0 radical (unpaired) electrons. The van der Waals surface area contributed by atoms with Crippen LogP contribution in [-0.4, -0.2) is 16.5 Å². The van der Waals surface area contributed by atoms with E-state index in [0.717, 1.165) is 35.4 Å². The third-order valence-electron chi connectivity index (χ3n) is 5.64. The molecule has 0 fully saturated rings. The Morgan fingerprint density at radius 3 is 2.62 bits per heavy atom. The number of aryl methyl sites for hydroxylation is 1. The standard InChI is InChI=1S/C24H22ClN3S/c1-15(2)16-9-11-17(12-10-16)19-14-29-23-21(19)22(26-24(25)27-23)28-13-5-7-18-6-3-4-8-20(18)28/h3-4,6,8-12,14-15H,5,7,13H2,1-2H3. The molecule has 29 heavy (non-hydrogen) atoms. The maximum Gasteiger partial charge on any atom is 0.225 e. The molecule has 146 valence electrons. The third-order valence-corrected chi connectivity index (χ3v) is 6.68. The van der Waals surface area contributed by atoms with Crippen LogP contribution in [0.2, 0.25) is 5.28 Å². The van der Waals surface area contributed by atoms with E-state index < -0.39 is 0 Å². The van der Waals surface area contributed by atoms with Gasteiger partial charge in [-0.25, -0.2) is 4.98 Å². The Morgan fingerprint density at radius 1 is 1.03 bits per heavy atom. The Labute approximate surface area is 180 Å². The molecule has 3 heterocycles. The number of nitrogens with zero attached hydrogens (tertiary/aromatic N) is 3. The summed E-state index contributed by atoms with van der Waals surface area (Å²) in [5.41, 5.74) is 6.30. The molecule has 0 atom stereocenters. The van der Waals surface area contributed by atoms with Crippen LogP contribution in [0.3, 0.4) is 0 Å². The first kappa shape index (κ1) is 18.6. The average Bonchev–Trinajstić information content (AvgIpc) is 3.16. The zero-order valence-corrected chi connectivity index (χ0v) is 18.1. The number of benzene rings is 2. The highest BCUT2D eigenvalue weighted by molar-refractivity contribution is 7.17. The van der Waals surface area contributed by atoms with E-state index in [1.165, 1.54) is 27.9 Å². The Kier molecular flexibility index (Phi) is 4.76. The second-order valence-corrected chi connectivity index (χ2v) is 9.00. The zero-order chi connectivity index (χ0) is 20.0. The van der Waals surface area contributed by atoms with Gasteiger partial charge in [0, 0.05) is 23.2 Å². The Bertz CT molecular complexity index is 1180. The van der Waals surface area contributed by atoms with Gasteiger partial charge in [-0.3, -0.25) is 0 Å². The molecule has 0 bridgehead atoms. The van der Waals surface area contributed by atoms with Gasteiger partial charge in [0.1, 0.15) is 10.6 Å². The molecule has 2 aromatic heterocycles. The van der Waals surface area contributed by atoms with Gasteiger partial charge in [-0.1, -0.05) is 56.3 Å². The van der Waals surface area contributed by atoms with Crippen molar-refractivity contribution < 1.29 is 0 Å². The number of thiophene rings is 1. The minimum absolute atomic E-state index is 0.305. The van der Waals surface area contributed by atoms with Crippen LogP contribution in [0.15, 0.2) is 53.9 Å². The van der Waals surface area contributed by atoms with Crippen LogP contribution < -0.4 is 4.90 Å². The minimum Gasteiger partial charge on any atom is -0.325 e. The van der Waals surface area contributed by atoms with Gasteiger partial charge in [-0.15, -0.1) is 11.3 Å². The predicted octanol–water partition coefficient (Wildman–Crippen LogP) is 7.22. The van der Waals surface area contributed by atoms with Gasteiger partial charge in [-0.05, 0) is 53.1 Å². The average molecular weight is 420 g/mol. The van der Waals surface area contributed by atoms with Crippen LogP contribution in [0, 0.1) is 0 Å². The van der Waals surface area contributed by atoms with Crippen molar-refractivity contribution in [3.63, 3.8) is 0 Å². The molecular weight excluding hydrogens is 398 g/mol. The number of para-hydroxylation sites is 1. The minimum atomic E-state index is 0.305. The first-order valence-electron chi connectivity index (χ1n) is 10.0. The number of anilines is 2. The van der Waals surface area contributed by atoms with E-state index in [0.29, 0.717) is 11.2 Å². The lowest BCUT2D eigenvalue weighted by Crippen LogP contribution is -2.25. The van der Waals surface area contributed by atoms with Crippen molar-refractivity contribution in [3.05, 3.63) is 70.3 Å². The number of hydrogen-bond acceptors (Lipinski definition) is 4. The van der Waals surface area contributed by atoms with E-state index in [9.17, 15) is 0 Å². The molecule has 2 aromatic carbocycles. The van der Waals surface area contributed by atoms with Crippen LogP contribution in [0.25, 0.3) is 21.3 Å². The zero-order valence-electron chi connectivity index (χ0n) is 16.5. The van der Waals surface area contributed by atoms with Gasteiger partial charge in [0.15, 0.2) is 0 Å². The molecule has 0 aliphatic carbocycles. The highest BCUT2D eigenvalue weighted by atomic mass is 35.5. The van der Waals surface area contributed by atoms with Crippen molar-refractivity contribution in [2.75, 3.05) is 11.4 Å². The summed E-state index contributed by atoms with van der Waals surface area (Å²) in [5, 5.41) is 3.58. The monoisotopic (exact) mass is 419 g/mol.